The molecular weight excluding hydrogens is 210 g/mol. The third-order valence-electron chi connectivity index (χ3n) is 1.45. The molecule has 1 aliphatic heterocycles. The summed E-state index contributed by atoms with van der Waals surface area (Å²) in [7, 11) is 0. The molecule has 58 valence electrons. The summed E-state index contributed by atoms with van der Waals surface area (Å²) in [6.45, 7) is 0.275. The summed E-state index contributed by atoms with van der Waals surface area (Å²) in [6, 6.07) is 3.53. The maximum absolute atomic E-state index is 5.57. The minimum absolute atomic E-state index is 0.275. The van der Waals surface area contributed by atoms with E-state index in [1.54, 1.807) is 12.1 Å². The van der Waals surface area contributed by atoms with E-state index >= 15 is 0 Å². The largest absolute Gasteiger partial charge is 0.453 e. The van der Waals surface area contributed by atoms with Gasteiger partial charge < -0.3 is 15.2 Å². The first-order chi connectivity index (χ1) is 5.27. The van der Waals surface area contributed by atoms with E-state index < -0.39 is 0 Å². The van der Waals surface area contributed by atoms with Crippen LogP contribution in [0.3, 0.4) is 0 Å². The fourth-order valence-corrected chi connectivity index (χ4v) is 1.56. The number of anilines is 1. The molecule has 0 saturated heterocycles. The van der Waals surface area contributed by atoms with Crippen molar-refractivity contribution in [3.05, 3.63) is 16.6 Å². The molecule has 2 rings (SSSR count). The molecule has 1 aliphatic rings. The molecule has 1 aromatic rings. The molecule has 0 aliphatic carbocycles. The number of fused-ring (bicyclic) bond motifs is 1. The van der Waals surface area contributed by atoms with Gasteiger partial charge in [0.25, 0.3) is 0 Å². The Bertz CT molecular complexity index is 301. The third kappa shape index (κ3) is 1.03. The van der Waals surface area contributed by atoms with Crippen molar-refractivity contribution in [2.24, 2.45) is 0 Å². The van der Waals surface area contributed by atoms with Gasteiger partial charge in [-0.25, -0.2) is 0 Å². The highest BCUT2D eigenvalue weighted by molar-refractivity contribution is 9.10. The van der Waals surface area contributed by atoms with Crippen LogP contribution in [-0.2, 0) is 0 Å². The molecule has 0 atom stereocenters. The van der Waals surface area contributed by atoms with E-state index in [4.69, 9.17) is 15.2 Å². The van der Waals surface area contributed by atoms with Crippen LogP contribution in [0.2, 0.25) is 0 Å². The molecule has 3 nitrogen and oxygen atoms in total. The van der Waals surface area contributed by atoms with Crippen LogP contribution in [0.1, 0.15) is 0 Å². The van der Waals surface area contributed by atoms with Crippen molar-refractivity contribution < 1.29 is 9.47 Å². The second-order valence-corrected chi connectivity index (χ2v) is 3.09. The van der Waals surface area contributed by atoms with E-state index in [0.29, 0.717) is 11.4 Å². The van der Waals surface area contributed by atoms with E-state index in [9.17, 15) is 0 Å². The van der Waals surface area contributed by atoms with Crippen molar-refractivity contribution in [1.29, 1.82) is 0 Å². The molecule has 0 spiro atoms. The average Bonchev–Trinajstić information content (AvgIpc) is 2.34. The van der Waals surface area contributed by atoms with Gasteiger partial charge in [-0.3, -0.25) is 0 Å². The molecule has 11 heavy (non-hydrogen) atoms. The molecular formula is C7H6BrNO2. The summed E-state index contributed by atoms with van der Waals surface area (Å²) in [6.07, 6.45) is 0. The molecule has 0 unspecified atom stereocenters. The van der Waals surface area contributed by atoms with Crippen LogP contribution in [-0.4, -0.2) is 6.79 Å². The van der Waals surface area contributed by atoms with Crippen LogP contribution >= 0.6 is 15.9 Å². The number of nitrogens with two attached hydrogens (primary N) is 1. The van der Waals surface area contributed by atoms with Crippen LogP contribution in [0.25, 0.3) is 0 Å². The SMILES string of the molecule is Nc1cc(Br)c2c(c1)OCO2. The molecule has 1 aromatic carbocycles. The van der Waals surface area contributed by atoms with Gasteiger partial charge in [-0.15, -0.1) is 0 Å². The zero-order valence-corrected chi connectivity index (χ0v) is 7.22. The number of nitrogen functional groups attached to an aromatic ring is 1. The van der Waals surface area contributed by atoms with Gasteiger partial charge in [-0.2, -0.15) is 0 Å². The molecule has 0 radical (unpaired) electrons. The molecule has 0 amide bonds. The smallest absolute Gasteiger partial charge is 0.231 e. The second kappa shape index (κ2) is 2.30. The molecule has 2 N–H and O–H groups in total. The lowest BCUT2D eigenvalue weighted by Gasteiger charge is -1.99. The maximum Gasteiger partial charge on any atom is 0.231 e. The zero-order valence-electron chi connectivity index (χ0n) is 5.63. The van der Waals surface area contributed by atoms with Gasteiger partial charge in [0.15, 0.2) is 11.5 Å². The van der Waals surface area contributed by atoms with Gasteiger partial charge in [-0.05, 0) is 22.0 Å². The van der Waals surface area contributed by atoms with E-state index in [1.165, 1.54) is 0 Å². The molecule has 0 bridgehead atoms. The van der Waals surface area contributed by atoms with Crippen LogP contribution < -0.4 is 15.2 Å². The highest BCUT2D eigenvalue weighted by Gasteiger charge is 2.16. The van der Waals surface area contributed by atoms with Crippen molar-refractivity contribution >= 4 is 21.6 Å². The first-order valence-corrected chi connectivity index (χ1v) is 3.91. The van der Waals surface area contributed by atoms with Crippen LogP contribution in [0.5, 0.6) is 11.5 Å². The van der Waals surface area contributed by atoms with Gasteiger partial charge in [0.1, 0.15) is 0 Å². The Labute approximate surface area is 72.2 Å². The zero-order chi connectivity index (χ0) is 7.84. The first-order valence-electron chi connectivity index (χ1n) is 3.12. The lowest BCUT2D eigenvalue weighted by Crippen LogP contribution is -1.93. The average molecular weight is 216 g/mol. The topological polar surface area (TPSA) is 44.5 Å². The summed E-state index contributed by atoms with van der Waals surface area (Å²) in [5.74, 6) is 1.44. The van der Waals surface area contributed by atoms with Crippen molar-refractivity contribution in [1.82, 2.24) is 0 Å². The fraction of sp³-hybridized carbons (Fsp3) is 0.143. The number of hydrogen-bond acceptors (Lipinski definition) is 3. The molecule has 1 heterocycles. The lowest BCUT2D eigenvalue weighted by molar-refractivity contribution is 0.173. The van der Waals surface area contributed by atoms with Gasteiger partial charge in [0, 0.05) is 11.8 Å². The second-order valence-electron chi connectivity index (χ2n) is 2.24. The standard InChI is InChI=1S/C7H6BrNO2/c8-5-1-4(9)2-6-7(5)11-3-10-6/h1-2H,3,9H2. The van der Waals surface area contributed by atoms with Crippen molar-refractivity contribution in [2.75, 3.05) is 12.5 Å². The lowest BCUT2D eigenvalue weighted by atomic mass is 10.3. The fourth-order valence-electron chi connectivity index (χ4n) is 0.987. The Morgan fingerprint density at radius 3 is 3.00 bits per heavy atom. The minimum atomic E-state index is 0.275. The first kappa shape index (κ1) is 6.79. The number of halogens is 1. The monoisotopic (exact) mass is 215 g/mol. The minimum Gasteiger partial charge on any atom is -0.453 e. The Morgan fingerprint density at radius 2 is 2.18 bits per heavy atom. The number of rotatable bonds is 0. The van der Waals surface area contributed by atoms with Gasteiger partial charge in [0.05, 0.1) is 4.47 Å². The summed E-state index contributed by atoms with van der Waals surface area (Å²) >= 11 is 3.31. The van der Waals surface area contributed by atoms with Crippen molar-refractivity contribution in [2.45, 2.75) is 0 Å². The Hall–Kier alpha value is -0.900. The van der Waals surface area contributed by atoms with E-state index in [0.717, 1.165) is 10.2 Å². The third-order valence-corrected chi connectivity index (χ3v) is 2.04. The molecule has 0 aromatic heterocycles. The summed E-state index contributed by atoms with van der Waals surface area (Å²) in [4.78, 5) is 0. The number of ether oxygens (including phenoxy) is 2. The summed E-state index contributed by atoms with van der Waals surface area (Å²) in [5, 5.41) is 0. The Morgan fingerprint density at radius 1 is 1.36 bits per heavy atom. The van der Waals surface area contributed by atoms with Gasteiger partial charge in [0.2, 0.25) is 6.79 Å². The van der Waals surface area contributed by atoms with Crippen LogP contribution in [0.15, 0.2) is 16.6 Å². The van der Waals surface area contributed by atoms with Crippen LogP contribution in [0, 0.1) is 0 Å². The quantitative estimate of drug-likeness (QED) is 0.672. The Kier molecular flexibility index (Phi) is 1.42. The van der Waals surface area contributed by atoms with E-state index in [1.807, 2.05) is 0 Å². The van der Waals surface area contributed by atoms with Crippen molar-refractivity contribution in [3.8, 4) is 11.5 Å². The summed E-state index contributed by atoms with van der Waals surface area (Å²) < 4.78 is 11.1. The Balaban J connectivity index is 2.60. The molecule has 0 fully saturated rings. The predicted molar refractivity (Wildman–Crippen MR) is 44.7 cm³/mol. The van der Waals surface area contributed by atoms with Gasteiger partial charge in [-0.1, -0.05) is 0 Å². The van der Waals surface area contributed by atoms with E-state index in [-0.39, 0.29) is 6.79 Å². The highest BCUT2D eigenvalue weighted by atomic mass is 79.9. The predicted octanol–water partition coefficient (Wildman–Crippen LogP) is 1.76. The molecule has 4 heteroatoms. The number of hydrogen-bond donors (Lipinski definition) is 1. The van der Waals surface area contributed by atoms with E-state index in [2.05, 4.69) is 15.9 Å². The number of benzene rings is 1. The van der Waals surface area contributed by atoms with Crippen LogP contribution in [0.4, 0.5) is 5.69 Å². The maximum atomic E-state index is 5.57. The van der Waals surface area contributed by atoms with Gasteiger partial charge >= 0.3 is 0 Å². The summed E-state index contributed by atoms with van der Waals surface area (Å²) in [5.41, 5.74) is 6.23. The highest BCUT2D eigenvalue weighted by Crippen LogP contribution is 2.40. The van der Waals surface area contributed by atoms with Crippen molar-refractivity contribution in [3.63, 3.8) is 0 Å². The molecule has 0 saturated carbocycles. The normalized spacial score (nSPS) is 13.5.